The van der Waals surface area contributed by atoms with E-state index in [1.54, 1.807) is 35.2 Å². The highest BCUT2D eigenvalue weighted by molar-refractivity contribution is 8.04. The summed E-state index contributed by atoms with van der Waals surface area (Å²) in [4.78, 5) is 29.2. The number of hydrogen-bond acceptors (Lipinski definition) is 4. The molecule has 1 N–H and O–H groups in total. The molecule has 39 heavy (non-hydrogen) atoms. The Bertz CT molecular complexity index is 1340. The van der Waals surface area contributed by atoms with E-state index in [1.165, 1.54) is 49.9 Å². The molecule has 5 rings (SSSR count). The minimum absolute atomic E-state index is 0.0787. The highest BCUT2D eigenvalue weighted by Crippen LogP contribution is 2.42. The molecule has 2 aliphatic rings. The first-order valence-corrected chi connectivity index (χ1v) is 15.5. The zero-order valence-corrected chi connectivity index (χ0v) is 23.5. The molecule has 0 aromatic heterocycles. The molecule has 7 heteroatoms. The molecule has 4 nitrogen and oxygen atoms in total. The van der Waals surface area contributed by atoms with E-state index in [1.807, 2.05) is 42.5 Å². The van der Waals surface area contributed by atoms with Crippen LogP contribution in [0.1, 0.15) is 60.0 Å². The highest BCUT2D eigenvalue weighted by atomic mass is 32.2. The van der Waals surface area contributed by atoms with Gasteiger partial charge in [-0.1, -0.05) is 73.5 Å². The van der Waals surface area contributed by atoms with Gasteiger partial charge in [0, 0.05) is 27.8 Å². The second-order valence-electron chi connectivity index (χ2n) is 9.92. The van der Waals surface area contributed by atoms with Crippen LogP contribution in [0.3, 0.4) is 0 Å². The molecule has 1 heterocycles. The van der Waals surface area contributed by atoms with Gasteiger partial charge in [-0.25, -0.2) is 4.39 Å². The summed E-state index contributed by atoms with van der Waals surface area (Å²) in [5.74, 6) is 0.503. The van der Waals surface area contributed by atoms with E-state index in [-0.39, 0.29) is 24.2 Å². The largest absolute Gasteiger partial charge is 0.352 e. The Labute approximate surface area is 238 Å². The third kappa shape index (κ3) is 7.14. The highest BCUT2D eigenvalue weighted by Gasteiger charge is 2.29. The second-order valence-corrected chi connectivity index (χ2v) is 12.4. The van der Waals surface area contributed by atoms with Crippen molar-refractivity contribution in [3.63, 3.8) is 0 Å². The lowest BCUT2D eigenvalue weighted by atomic mass is 10.0. The summed E-state index contributed by atoms with van der Waals surface area (Å²) < 4.78 is 14.4. The molecule has 1 aliphatic carbocycles. The molecule has 3 aromatic carbocycles. The summed E-state index contributed by atoms with van der Waals surface area (Å²) >= 11 is 3.46. The van der Waals surface area contributed by atoms with E-state index in [0.717, 1.165) is 33.6 Å². The number of para-hydroxylation sites is 1. The number of hydrogen-bond donors (Lipinski definition) is 1. The number of fused-ring (bicyclic) bond motifs is 1. The van der Waals surface area contributed by atoms with Gasteiger partial charge in [0.25, 0.3) is 11.8 Å². The van der Waals surface area contributed by atoms with Crippen LogP contribution in [-0.4, -0.2) is 29.4 Å². The van der Waals surface area contributed by atoms with Crippen molar-refractivity contribution in [3.8, 4) is 0 Å². The maximum atomic E-state index is 14.4. The monoisotopic (exact) mass is 560 g/mol. The Morgan fingerprint density at radius 3 is 2.54 bits per heavy atom. The summed E-state index contributed by atoms with van der Waals surface area (Å²) in [6.07, 6.45) is 9.56. The Kier molecular flexibility index (Phi) is 9.43. The summed E-state index contributed by atoms with van der Waals surface area (Å²) in [7, 11) is 0. The summed E-state index contributed by atoms with van der Waals surface area (Å²) in [5.41, 5.74) is 2.68. The molecule has 3 aromatic rings. The van der Waals surface area contributed by atoms with E-state index in [2.05, 4.69) is 17.1 Å². The number of halogens is 1. The molecule has 0 atom stereocenters. The first-order valence-electron chi connectivity index (χ1n) is 13.6. The molecule has 202 valence electrons. The fourth-order valence-corrected chi connectivity index (χ4v) is 7.33. The van der Waals surface area contributed by atoms with Crippen LogP contribution >= 0.6 is 23.5 Å². The van der Waals surface area contributed by atoms with Gasteiger partial charge in [-0.15, -0.1) is 0 Å². The van der Waals surface area contributed by atoms with Crippen LogP contribution in [0.15, 0.2) is 82.6 Å². The van der Waals surface area contributed by atoms with Gasteiger partial charge in [-0.3, -0.25) is 9.59 Å². The SMILES string of the molecule is O=C(NCCCSC1CCCCC1)c1ccc(C=C2Sc3ccccc3N(Cc3ccccc3F)C2=O)cc1. The van der Waals surface area contributed by atoms with E-state index >= 15 is 0 Å². The zero-order chi connectivity index (χ0) is 27.0. The Balaban J connectivity index is 1.21. The molecule has 2 amide bonds. The van der Waals surface area contributed by atoms with Gasteiger partial charge >= 0.3 is 0 Å². The lowest BCUT2D eigenvalue weighted by molar-refractivity contribution is -0.114. The minimum atomic E-state index is -0.330. The molecule has 1 fully saturated rings. The first-order chi connectivity index (χ1) is 19.1. The molecule has 0 radical (unpaired) electrons. The first kappa shape index (κ1) is 27.5. The van der Waals surface area contributed by atoms with Gasteiger partial charge in [0.05, 0.1) is 17.1 Å². The van der Waals surface area contributed by atoms with E-state index in [9.17, 15) is 14.0 Å². The maximum Gasteiger partial charge on any atom is 0.265 e. The van der Waals surface area contributed by atoms with Crippen molar-refractivity contribution in [1.29, 1.82) is 0 Å². The van der Waals surface area contributed by atoms with Gasteiger partial charge in [0.1, 0.15) is 5.82 Å². The summed E-state index contributed by atoms with van der Waals surface area (Å²) in [6, 6.07) is 21.5. The van der Waals surface area contributed by atoms with Crippen molar-refractivity contribution in [2.45, 2.75) is 55.2 Å². The average molecular weight is 561 g/mol. The van der Waals surface area contributed by atoms with Crippen molar-refractivity contribution in [2.75, 3.05) is 17.2 Å². The number of anilines is 1. The molecule has 0 spiro atoms. The lowest BCUT2D eigenvalue weighted by Crippen LogP contribution is -2.34. The van der Waals surface area contributed by atoms with E-state index in [4.69, 9.17) is 0 Å². The molecular formula is C32H33FN2O2S2. The van der Waals surface area contributed by atoms with Crippen LogP contribution in [0.25, 0.3) is 6.08 Å². The van der Waals surface area contributed by atoms with Gasteiger partial charge in [0.2, 0.25) is 0 Å². The van der Waals surface area contributed by atoms with Gasteiger partial charge in [-0.05, 0) is 67.0 Å². The third-order valence-electron chi connectivity index (χ3n) is 7.10. The Morgan fingerprint density at radius 1 is 1.00 bits per heavy atom. The van der Waals surface area contributed by atoms with E-state index in [0.29, 0.717) is 22.6 Å². The number of nitrogens with one attached hydrogen (secondary N) is 1. The van der Waals surface area contributed by atoms with Gasteiger partial charge < -0.3 is 10.2 Å². The normalized spacial score (nSPS) is 16.8. The number of carbonyl (C=O) groups is 2. The van der Waals surface area contributed by atoms with Crippen LogP contribution in [0.2, 0.25) is 0 Å². The Hall–Kier alpha value is -3.03. The molecule has 0 bridgehead atoms. The number of benzene rings is 3. The van der Waals surface area contributed by atoms with Crippen molar-refractivity contribution in [1.82, 2.24) is 5.32 Å². The molecule has 0 saturated heterocycles. The fourth-order valence-electron chi connectivity index (χ4n) is 4.96. The quantitative estimate of drug-likeness (QED) is 0.215. The molecule has 1 aliphatic heterocycles. The number of rotatable bonds is 9. The lowest BCUT2D eigenvalue weighted by Gasteiger charge is -2.30. The average Bonchev–Trinajstić information content (AvgIpc) is 2.97. The maximum absolute atomic E-state index is 14.4. The predicted octanol–water partition coefficient (Wildman–Crippen LogP) is 7.69. The van der Waals surface area contributed by atoms with Crippen molar-refractivity contribution >= 4 is 47.1 Å². The topological polar surface area (TPSA) is 49.4 Å². The van der Waals surface area contributed by atoms with Crippen LogP contribution in [0, 0.1) is 5.82 Å². The molecular weight excluding hydrogens is 527 g/mol. The van der Waals surface area contributed by atoms with Crippen LogP contribution in [0.5, 0.6) is 0 Å². The predicted molar refractivity (Wildman–Crippen MR) is 161 cm³/mol. The van der Waals surface area contributed by atoms with E-state index < -0.39 is 0 Å². The smallest absolute Gasteiger partial charge is 0.265 e. The van der Waals surface area contributed by atoms with Crippen molar-refractivity contribution in [2.24, 2.45) is 0 Å². The third-order valence-corrected chi connectivity index (χ3v) is 9.65. The minimum Gasteiger partial charge on any atom is -0.352 e. The standard InChI is InChI=1S/C32H33FN2O2S2/c33-27-12-5-4-9-25(27)22-35-28-13-6-7-14-29(28)39-30(32(35)37)21-23-15-17-24(18-16-23)31(36)34-19-8-20-38-26-10-2-1-3-11-26/h4-7,9,12-18,21,26H,1-3,8,10-11,19-20,22H2,(H,34,36). The second kappa shape index (κ2) is 13.4. The molecule has 1 saturated carbocycles. The number of thioether (sulfide) groups is 2. The molecule has 0 unspecified atom stereocenters. The Morgan fingerprint density at radius 2 is 1.74 bits per heavy atom. The fraction of sp³-hybridized carbons (Fsp3) is 0.312. The van der Waals surface area contributed by atoms with Crippen LogP contribution < -0.4 is 10.2 Å². The van der Waals surface area contributed by atoms with Crippen molar-refractivity contribution < 1.29 is 14.0 Å². The van der Waals surface area contributed by atoms with Crippen molar-refractivity contribution in [3.05, 3.63) is 100 Å². The zero-order valence-electron chi connectivity index (χ0n) is 21.9. The van der Waals surface area contributed by atoms with Gasteiger partial charge in [0.15, 0.2) is 0 Å². The summed E-state index contributed by atoms with van der Waals surface area (Å²) in [6.45, 7) is 0.825. The van der Waals surface area contributed by atoms with Crippen LogP contribution in [-0.2, 0) is 11.3 Å². The van der Waals surface area contributed by atoms with Gasteiger partial charge in [-0.2, -0.15) is 11.8 Å². The number of amides is 2. The summed E-state index contributed by atoms with van der Waals surface area (Å²) in [5, 5.41) is 3.82. The van der Waals surface area contributed by atoms with Crippen LogP contribution in [0.4, 0.5) is 10.1 Å². The number of carbonyl (C=O) groups excluding carboxylic acids is 2. The number of nitrogens with zero attached hydrogens (tertiary/aromatic N) is 1.